The molecule has 2 rings (SSSR count). The Hall–Kier alpha value is -0.330. The number of piperidine rings is 1. The lowest BCUT2D eigenvalue weighted by Gasteiger charge is -2.47. The fourth-order valence-electron chi connectivity index (χ4n) is 2.60. The lowest BCUT2D eigenvalue weighted by atomic mass is 9.86. The zero-order chi connectivity index (χ0) is 13.4. The van der Waals surface area contributed by atoms with Gasteiger partial charge in [0.05, 0.1) is 13.2 Å². The molecule has 2 atom stereocenters. The molecule has 1 unspecified atom stereocenters. The summed E-state index contributed by atoms with van der Waals surface area (Å²) in [6.45, 7) is 4.78. The summed E-state index contributed by atoms with van der Waals surface area (Å²) in [4.78, 5) is 0. The van der Waals surface area contributed by atoms with Gasteiger partial charge in [0.2, 0.25) is 0 Å². The molecule has 0 aromatic rings. The maximum atomic E-state index is 12.9. The molecule has 3 nitrogen and oxygen atoms in total. The first-order chi connectivity index (χ1) is 8.32. The van der Waals surface area contributed by atoms with Gasteiger partial charge < -0.3 is 14.8 Å². The average molecular weight is 267 g/mol. The van der Waals surface area contributed by atoms with Crippen LogP contribution in [0.2, 0.25) is 0 Å². The van der Waals surface area contributed by atoms with Crippen LogP contribution < -0.4 is 5.32 Å². The molecular weight excluding hydrogens is 247 g/mol. The quantitative estimate of drug-likeness (QED) is 0.791. The van der Waals surface area contributed by atoms with Crippen LogP contribution in [0, 0.1) is 5.92 Å². The monoisotopic (exact) mass is 267 g/mol. The van der Waals surface area contributed by atoms with E-state index in [1.165, 1.54) is 0 Å². The summed E-state index contributed by atoms with van der Waals surface area (Å²) < 4.78 is 49.9. The summed E-state index contributed by atoms with van der Waals surface area (Å²) in [5.41, 5.74) is 0. The summed E-state index contributed by atoms with van der Waals surface area (Å²) in [6, 6.07) is -1.78. The Balaban J connectivity index is 2.15. The molecular formula is C12H20F3NO2. The van der Waals surface area contributed by atoms with Crippen LogP contribution in [0.5, 0.6) is 0 Å². The van der Waals surface area contributed by atoms with Crippen LogP contribution in [-0.4, -0.2) is 37.3 Å². The molecule has 0 radical (unpaired) electrons. The van der Waals surface area contributed by atoms with Gasteiger partial charge in [-0.15, -0.1) is 0 Å². The first kappa shape index (κ1) is 14.1. The van der Waals surface area contributed by atoms with Gasteiger partial charge in [-0.1, -0.05) is 13.8 Å². The highest BCUT2D eigenvalue weighted by Gasteiger charge is 2.52. The highest BCUT2D eigenvalue weighted by atomic mass is 19.4. The van der Waals surface area contributed by atoms with Crippen LogP contribution in [-0.2, 0) is 9.47 Å². The van der Waals surface area contributed by atoms with Crippen molar-refractivity contribution in [2.75, 3.05) is 13.2 Å². The lowest BCUT2D eigenvalue weighted by Crippen LogP contribution is -2.62. The smallest absolute Gasteiger partial charge is 0.350 e. The molecule has 0 aromatic carbocycles. The van der Waals surface area contributed by atoms with E-state index in [0.717, 1.165) is 6.42 Å². The number of ether oxygens (including phenoxy) is 2. The van der Waals surface area contributed by atoms with Crippen molar-refractivity contribution in [1.82, 2.24) is 5.32 Å². The van der Waals surface area contributed by atoms with Crippen LogP contribution in [0.4, 0.5) is 13.2 Å². The first-order valence-electron chi connectivity index (χ1n) is 6.43. The Morgan fingerprint density at radius 3 is 2.28 bits per heavy atom. The van der Waals surface area contributed by atoms with Crippen molar-refractivity contribution in [1.29, 1.82) is 0 Å². The summed E-state index contributed by atoms with van der Waals surface area (Å²) in [5, 5.41) is 2.68. The maximum absolute atomic E-state index is 12.9. The molecule has 0 aromatic heterocycles. The fourth-order valence-corrected chi connectivity index (χ4v) is 2.60. The van der Waals surface area contributed by atoms with Gasteiger partial charge in [-0.05, 0) is 12.3 Å². The van der Waals surface area contributed by atoms with Crippen LogP contribution in [0.15, 0.2) is 0 Å². The van der Waals surface area contributed by atoms with Crippen molar-refractivity contribution in [2.24, 2.45) is 5.92 Å². The van der Waals surface area contributed by atoms with Gasteiger partial charge in [0, 0.05) is 18.9 Å². The Morgan fingerprint density at radius 2 is 1.78 bits per heavy atom. The Morgan fingerprint density at radius 1 is 1.17 bits per heavy atom. The molecule has 2 saturated heterocycles. The van der Waals surface area contributed by atoms with E-state index in [1.54, 1.807) is 0 Å². The molecule has 2 heterocycles. The minimum Gasteiger partial charge on any atom is -0.350 e. The number of hydrogen-bond donors (Lipinski definition) is 1. The molecule has 1 N–H and O–H groups in total. The molecule has 2 aliphatic heterocycles. The summed E-state index contributed by atoms with van der Waals surface area (Å²) in [7, 11) is 0. The molecule has 0 amide bonds. The molecule has 0 bridgehead atoms. The number of halogens is 3. The Kier molecular flexibility index (Phi) is 3.90. The third-order valence-electron chi connectivity index (χ3n) is 3.68. The van der Waals surface area contributed by atoms with Crippen molar-refractivity contribution < 1.29 is 22.6 Å². The second-order valence-electron chi connectivity index (χ2n) is 5.48. The third-order valence-corrected chi connectivity index (χ3v) is 3.68. The Bertz CT molecular complexity index is 288. The van der Waals surface area contributed by atoms with E-state index in [0.29, 0.717) is 19.6 Å². The molecule has 2 fully saturated rings. The number of alkyl halides is 3. The zero-order valence-corrected chi connectivity index (χ0v) is 10.7. The van der Waals surface area contributed by atoms with Gasteiger partial charge in [0.25, 0.3) is 0 Å². The van der Waals surface area contributed by atoms with Crippen molar-refractivity contribution in [2.45, 2.75) is 57.2 Å². The van der Waals surface area contributed by atoms with Crippen LogP contribution in [0.3, 0.4) is 0 Å². The lowest BCUT2D eigenvalue weighted by molar-refractivity contribution is -0.303. The van der Waals surface area contributed by atoms with Gasteiger partial charge >= 0.3 is 6.18 Å². The van der Waals surface area contributed by atoms with E-state index >= 15 is 0 Å². The minimum absolute atomic E-state index is 0.112. The van der Waals surface area contributed by atoms with E-state index in [4.69, 9.17) is 9.47 Å². The van der Waals surface area contributed by atoms with Gasteiger partial charge in [0.15, 0.2) is 5.79 Å². The topological polar surface area (TPSA) is 30.5 Å². The molecule has 1 spiro atoms. The molecule has 2 aliphatic rings. The molecule has 106 valence electrons. The van der Waals surface area contributed by atoms with E-state index in [2.05, 4.69) is 5.32 Å². The minimum atomic E-state index is -4.26. The molecule has 0 aliphatic carbocycles. The number of hydrogen-bond acceptors (Lipinski definition) is 3. The van der Waals surface area contributed by atoms with E-state index in [1.807, 2.05) is 13.8 Å². The average Bonchev–Trinajstić information content (AvgIpc) is 2.28. The summed E-state index contributed by atoms with van der Waals surface area (Å²) in [5.74, 6) is -0.931. The standard InChI is InChI=1S/C12H20F3NO2/c1-8(2)9-6-11(17-4-3-5-18-11)7-10(16-9)12(13,14)15/h8-10,16H,3-7H2,1-2H3/t9?,10-/m0/s1. The summed E-state index contributed by atoms with van der Waals surface area (Å²) >= 11 is 0. The van der Waals surface area contributed by atoms with Crippen molar-refractivity contribution in [3.05, 3.63) is 0 Å². The van der Waals surface area contributed by atoms with E-state index in [-0.39, 0.29) is 18.4 Å². The number of rotatable bonds is 1. The molecule has 0 saturated carbocycles. The molecule has 6 heteroatoms. The van der Waals surface area contributed by atoms with Crippen molar-refractivity contribution in [3.63, 3.8) is 0 Å². The first-order valence-corrected chi connectivity index (χ1v) is 6.43. The predicted octanol–water partition coefficient (Wildman–Crippen LogP) is 2.46. The zero-order valence-electron chi connectivity index (χ0n) is 10.7. The highest BCUT2D eigenvalue weighted by molar-refractivity contribution is 4.96. The molecule has 18 heavy (non-hydrogen) atoms. The Labute approximate surface area is 105 Å². The second kappa shape index (κ2) is 4.98. The van der Waals surface area contributed by atoms with E-state index in [9.17, 15) is 13.2 Å². The van der Waals surface area contributed by atoms with E-state index < -0.39 is 18.0 Å². The van der Waals surface area contributed by atoms with Gasteiger partial charge in [-0.2, -0.15) is 13.2 Å². The SMILES string of the molecule is CC(C)C1CC2(C[C@@H](C(F)(F)F)N1)OCCCO2. The van der Waals surface area contributed by atoms with Gasteiger partial charge in [0.1, 0.15) is 6.04 Å². The van der Waals surface area contributed by atoms with Gasteiger partial charge in [-0.3, -0.25) is 0 Å². The largest absolute Gasteiger partial charge is 0.404 e. The predicted molar refractivity (Wildman–Crippen MR) is 60.1 cm³/mol. The van der Waals surface area contributed by atoms with Crippen molar-refractivity contribution >= 4 is 0 Å². The normalized spacial score (nSPS) is 33.0. The van der Waals surface area contributed by atoms with Crippen molar-refractivity contribution in [3.8, 4) is 0 Å². The van der Waals surface area contributed by atoms with Gasteiger partial charge in [-0.25, -0.2) is 0 Å². The third kappa shape index (κ3) is 2.97. The highest BCUT2D eigenvalue weighted by Crippen LogP contribution is 2.39. The fraction of sp³-hybridized carbons (Fsp3) is 1.00. The van der Waals surface area contributed by atoms with Crippen LogP contribution in [0.1, 0.15) is 33.1 Å². The number of nitrogens with one attached hydrogen (secondary N) is 1. The summed E-state index contributed by atoms with van der Waals surface area (Å²) in [6.07, 6.45) is -3.18. The van der Waals surface area contributed by atoms with Crippen LogP contribution in [0.25, 0.3) is 0 Å². The van der Waals surface area contributed by atoms with Crippen LogP contribution >= 0.6 is 0 Å². The second-order valence-corrected chi connectivity index (χ2v) is 5.48. The maximum Gasteiger partial charge on any atom is 0.404 e.